The Kier molecular flexibility index (Phi) is 9.93. The highest BCUT2D eigenvalue weighted by molar-refractivity contribution is 14.0. The molecule has 0 aromatic heterocycles. The molecule has 0 aromatic carbocycles. The van der Waals surface area contributed by atoms with E-state index in [9.17, 15) is 4.79 Å². The predicted molar refractivity (Wildman–Crippen MR) is 94.2 cm³/mol. The number of aliphatic imine (C=N–C) groups is 1. The van der Waals surface area contributed by atoms with Crippen LogP contribution in [0.1, 0.15) is 33.6 Å². The largest absolute Gasteiger partial charge is 0.469 e. The Hall–Kier alpha value is -0.570. The number of carbonyl (C=O) groups is 1. The van der Waals surface area contributed by atoms with Gasteiger partial charge in [-0.3, -0.25) is 9.79 Å². The molecule has 0 bridgehead atoms. The summed E-state index contributed by atoms with van der Waals surface area (Å²) >= 11 is 0. The zero-order valence-electron chi connectivity index (χ0n) is 13.4. The van der Waals surface area contributed by atoms with Crippen LogP contribution in [0.25, 0.3) is 0 Å². The summed E-state index contributed by atoms with van der Waals surface area (Å²) in [6.07, 6.45) is 2.13. The summed E-state index contributed by atoms with van der Waals surface area (Å²) in [4.78, 5) is 15.9. The lowest BCUT2D eigenvalue weighted by Crippen LogP contribution is -2.42. The topological polar surface area (TPSA) is 72.0 Å². The number of hydrogen-bond donors (Lipinski definition) is 2. The van der Waals surface area contributed by atoms with E-state index in [1.165, 1.54) is 7.11 Å². The van der Waals surface area contributed by atoms with Gasteiger partial charge in [-0.1, -0.05) is 6.92 Å². The van der Waals surface area contributed by atoms with Gasteiger partial charge in [-0.25, -0.2) is 0 Å². The van der Waals surface area contributed by atoms with Crippen molar-refractivity contribution < 1.29 is 14.3 Å². The van der Waals surface area contributed by atoms with Crippen LogP contribution in [0.5, 0.6) is 0 Å². The number of nitrogens with one attached hydrogen (secondary N) is 2. The molecule has 0 saturated carbocycles. The summed E-state index contributed by atoms with van der Waals surface area (Å²) in [5.41, 5.74) is -0.156. The molecule has 1 heterocycles. The van der Waals surface area contributed by atoms with Gasteiger partial charge in [-0.05, 0) is 26.7 Å². The van der Waals surface area contributed by atoms with Crippen molar-refractivity contribution in [1.82, 2.24) is 10.6 Å². The number of carbonyl (C=O) groups excluding carboxylic acids is 1. The second-order valence-electron chi connectivity index (χ2n) is 5.40. The van der Waals surface area contributed by atoms with Gasteiger partial charge in [0.05, 0.1) is 25.2 Å². The third-order valence-electron chi connectivity index (χ3n) is 3.40. The second kappa shape index (κ2) is 10.2. The van der Waals surface area contributed by atoms with Crippen LogP contribution in [0, 0.1) is 5.92 Å². The van der Waals surface area contributed by atoms with Crippen LogP contribution < -0.4 is 10.6 Å². The van der Waals surface area contributed by atoms with Gasteiger partial charge in [0.15, 0.2) is 5.96 Å². The van der Waals surface area contributed by atoms with E-state index in [2.05, 4.69) is 22.5 Å². The van der Waals surface area contributed by atoms with Crippen molar-refractivity contribution in [3.05, 3.63) is 0 Å². The van der Waals surface area contributed by atoms with Crippen LogP contribution in [0.3, 0.4) is 0 Å². The maximum atomic E-state index is 11.4. The Labute approximate surface area is 144 Å². The first-order chi connectivity index (χ1) is 9.50. The number of esters is 1. The number of nitrogens with zero attached hydrogens (tertiary/aromatic N) is 1. The van der Waals surface area contributed by atoms with Crippen LogP contribution in [0.2, 0.25) is 0 Å². The second-order valence-corrected chi connectivity index (χ2v) is 5.40. The molecule has 7 heteroatoms. The van der Waals surface area contributed by atoms with Gasteiger partial charge < -0.3 is 20.1 Å². The monoisotopic (exact) mass is 413 g/mol. The highest BCUT2D eigenvalue weighted by Gasteiger charge is 2.29. The first kappa shape index (κ1) is 20.4. The van der Waals surface area contributed by atoms with Crippen molar-refractivity contribution in [2.75, 3.05) is 33.4 Å². The lowest BCUT2D eigenvalue weighted by atomic mass is 10.0. The van der Waals surface area contributed by atoms with Crippen molar-refractivity contribution in [2.24, 2.45) is 10.9 Å². The molecule has 1 rings (SSSR count). The van der Waals surface area contributed by atoms with E-state index in [0.29, 0.717) is 19.0 Å². The van der Waals surface area contributed by atoms with E-state index < -0.39 is 0 Å². The SMILES string of the molecule is CCNC(=NCC1(C)CCCO1)NCC(C)C(=O)OC.I. The third kappa shape index (κ3) is 7.30. The van der Waals surface area contributed by atoms with Crippen LogP contribution in [-0.4, -0.2) is 50.9 Å². The molecule has 2 atom stereocenters. The van der Waals surface area contributed by atoms with Gasteiger partial charge in [-0.2, -0.15) is 0 Å². The highest BCUT2D eigenvalue weighted by atomic mass is 127. The van der Waals surface area contributed by atoms with Gasteiger partial charge in [-0.15, -0.1) is 24.0 Å². The zero-order chi connectivity index (χ0) is 15.0. The van der Waals surface area contributed by atoms with E-state index in [0.717, 1.165) is 26.0 Å². The minimum absolute atomic E-state index is 0. The minimum atomic E-state index is -0.223. The van der Waals surface area contributed by atoms with Crippen molar-refractivity contribution in [2.45, 2.75) is 39.2 Å². The summed E-state index contributed by atoms with van der Waals surface area (Å²) in [5.74, 6) is 0.279. The van der Waals surface area contributed by atoms with Crippen molar-refractivity contribution in [3.63, 3.8) is 0 Å². The molecule has 0 radical (unpaired) electrons. The number of rotatable bonds is 6. The van der Waals surface area contributed by atoms with E-state index in [1.54, 1.807) is 0 Å². The molecule has 1 aliphatic heterocycles. The highest BCUT2D eigenvalue weighted by Crippen LogP contribution is 2.24. The maximum Gasteiger partial charge on any atom is 0.310 e. The summed E-state index contributed by atoms with van der Waals surface area (Å²) in [5, 5.41) is 6.33. The number of hydrogen-bond acceptors (Lipinski definition) is 4. The van der Waals surface area contributed by atoms with E-state index >= 15 is 0 Å². The summed E-state index contributed by atoms with van der Waals surface area (Å²) in [6, 6.07) is 0. The molecule has 0 aliphatic carbocycles. The van der Waals surface area contributed by atoms with Crippen LogP contribution in [-0.2, 0) is 14.3 Å². The molecule has 2 unspecified atom stereocenters. The summed E-state index contributed by atoms with van der Waals surface area (Å²) in [6.45, 7) is 8.62. The van der Waals surface area contributed by atoms with Gasteiger partial charge in [0.2, 0.25) is 0 Å². The average molecular weight is 413 g/mol. The van der Waals surface area contributed by atoms with Gasteiger partial charge in [0.1, 0.15) is 0 Å². The van der Waals surface area contributed by atoms with E-state index in [1.807, 2.05) is 13.8 Å². The summed E-state index contributed by atoms with van der Waals surface area (Å²) < 4.78 is 10.4. The van der Waals surface area contributed by atoms with Crippen LogP contribution in [0.4, 0.5) is 0 Å². The quantitative estimate of drug-likeness (QED) is 0.299. The van der Waals surface area contributed by atoms with Crippen LogP contribution >= 0.6 is 24.0 Å². The lowest BCUT2D eigenvalue weighted by molar-refractivity contribution is -0.144. The fourth-order valence-electron chi connectivity index (χ4n) is 2.08. The molecule has 0 spiro atoms. The minimum Gasteiger partial charge on any atom is -0.469 e. The molecular formula is C14H28IN3O3. The lowest BCUT2D eigenvalue weighted by Gasteiger charge is -2.22. The molecule has 2 N–H and O–H groups in total. The zero-order valence-corrected chi connectivity index (χ0v) is 15.7. The fraction of sp³-hybridized carbons (Fsp3) is 0.857. The van der Waals surface area contributed by atoms with Gasteiger partial charge >= 0.3 is 5.97 Å². The fourth-order valence-corrected chi connectivity index (χ4v) is 2.08. The molecule has 21 heavy (non-hydrogen) atoms. The van der Waals surface area contributed by atoms with E-state index in [-0.39, 0.29) is 41.5 Å². The van der Waals surface area contributed by atoms with Gasteiger partial charge in [0, 0.05) is 19.7 Å². The Morgan fingerprint density at radius 1 is 1.48 bits per heavy atom. The Morgan fingerprint density at radius 2 is 2.19 bits per heavy atom. The number of ether oxygens (including phenoxy) is 2. The average Bonchev–Trinajstić information content (AvgIpc) is 2.88. The molecule has 1 fully saturated rings. The number of halogens is 1. The Morgan fingerprint density at radius 3 is 2.71 bits per heavy atom. The molecule has 1 aliphatic rings. The van der Waals surface area contributed by atoms with Crippen molar-refractivity contribution in [3.8, 4) is 0 Å². The van der Waals surface area contributed by atoms with Crippen LogP contribution in [0.15, 0.2) is 4.99 Å². The number of guanidine groups is 1. The smallest absolute Gasteiger partial charge is 0.310 e. The van der Waals surface area contributed by atoms with Crippen molar-refractivity contribution >= 4 is 35.9 Å². The molecule has 1 saturated heterocycles. The van der Waals surface area contributed by atoms with E-state index in [4.69, 9.17) is 9.47 Å². The number of methoxy groups -OCH3 is 1. The van der Waals surface area contributed by atoms with Gasteiger partial charge in [0.25, 0.3) is 0 Å². The first-order valence-corrected chi connectivity index (χ1v) is 7.24. The maximum absolute atomic E-state index is 11.4. The summed E-state index contributed by atoms with van der Waals surface area (Å²) in [7, 11) is 1.40. The van der Waals surface area contributed by atoms with Crippen molar-refractivity contribution in [1.29, 1.82) is 0 Å². The standard InChI is InChI=1S/C14H27N3O3.HI/c1-5-15-13(16-9-11(2)12(18)19-4)17-10-14(3)7-6-8-20-14;/h11H,5-10H2,1-4H3,(H2,15,16,17);1H. The molecule has 6 nitrogen and oxygen atoms in total. The predicted octanol–water partition coefficient (Wildman–Crippen LogP) is 1.54. The Bertz CT molecular complexity index is 344. The molecule has 0 amide bonds. The molecular weight excluding hydrogens is 385 g/mol. The third-order valence-corrected chi connectivity index (χ3v) is 3.40. The normalized spacial score (nSPS) is 23.1. The first-order valence-electron chi connectivity index (χ1n) is 7.24. The molecule has 0 aromatic rings. The Balaban J connectivity index is 0.00000400. The molecule has 124 valence electrons.